The maximum Gasteiger partial charge on any atom is 0.472 e. The van der Waals surface area contributed by atoms with Crippen molar-refractivity contribution in [1.82, 2.24) is 5.32 Å². The summed E-state index contributed by atoms with van der Waals surface area (Å²) in [6.45, 7) is 4.80. The number of hydrogen-bond acceptors (Lipinski definition) is 6. The number of epoxide rings is 1. The van der Waals surface area contributed by atoms with Gasteiger partial charge in [-0.2, -0.15) is 0 Å². The number of rotatable bonds is 38. The molecule has 5 atom stereocenters. The first-order chi connectivity index (χ1) is 26.0. The summed E-state index contributed by atoms with van der Waals surface area (Å²) in [6.07, 6.45) is 40.6. The lowest BCUT2D eigenvalue weighted by atomic mass is 10.0. The van der Waals surface area contributed by atoms with Gasteiger partial charge in [-0.25, -0.2) is 4.57 Å². The van der Waals surface area contributed by atoms with Gasteiger partial charge in [0.15, 0.2) is 0 Å². The van der Waals surface area contributed by atoms with Crippen molar-refractivity contribution in [3.8, 4) is 0 Å². The van der Waals surface area contributed by atoms with Gasteiger partial charge in [0, 0.05) is 6.42 Å². The summed E-state index contributed by atoms with van der Waals surface area (Å²) in [6, 6.07) is -0.791. The van der Waals surface area contributed by atoms with E-state index in [1.54, 1.807) is 0 Å². The van der Waals surface area contributed by atoms with Crippen molar-refractivity contribution in [2.75, 3.05) is 40.9 Å². The number of ether oxygens (including phenoxy) is 1. The summed E-state index contributed by atoms with van der Waals surface area (Å²) in [5, 5.41) is 13.9. The number of amides is 1. The Morgan fingerprint density at radius 2 is 1.28 bits per heavy atom. The van der Waals surface area contributed by atoms with Crippen LogP contribution in [0, 0.1) is 0 Å². The van der Waals surface area contributed by atoms with Crippen molar-refractivity contribution < 1.29 is 37.6 Å². The van der Waals surface area contributed by atoms with Gasteiger partial charge in [-0.15, -0.1) is 0 Å². The van der Waals surface area contributed by atoms with Crippen LogP contribution in [-0.2, 0) is 23.1 Å². The molecule has 316 valence electrons. The van der Waals surface area contributed by atoms with Gasteiger partial charge >= 0.3 is 7.82 Å². The van der Waals surface area contributed by atoms with Crippen molar-refractivity contribution >= 4 is 13.7 Å². The molecule has 0 saturated carbocycles. The van der Waals surface area contributed by atoms with Crippen LogP contribution in [0.2, 0.25) is 0 Å². The molecule has 3 unspecified atom stereocenters. The quantitative estimate of drug-likeness (QED) is 0.0188. The van der Waals surface area contributed by atoms with Crippen LogP contribution in [0.1, 0.15) is 174 Å². The average Bonchev–Trinajstić information content (AvgIpc) is 3.87. The Morgan fingerprint density at radius 1 is 0.741 bits per heavy atom. The van der Waals surface area contributed by atoms with Gasteiger partial charge < -0.3 is 24.5 Å². The first kappa shape index (κ1) is 50.7. The standard InChI is InChI=1S/C44H83N2O7P/c1-6-8-10-11-12-13-14-15-16-17-20-23-26-30-33-41(47)40(39-52-54(49,50)51-38-37-46(3,4)5)45-44(48)36-32-28-25-22-19-18-21-24-27-31-35-43-42(53-43)34-29-9-7-2/h18,21-22,25,27,31,40-43,47H,6-17,19-20,23-24,26,28-30,32-39H2,1-5H3,(H-,45,48,49,50)/p+1/b21-18-,25-22-,31-27-/t40-,41+,42?,43?/m0/s1. The molecule has 3 N–H and O–H groups in total. The summed E-state index contributed by atoms with van der Waals surface area (Å²) in [5.74, 6) is -0.203. The van der Waals surface area contributed by atoms with Gasteiger partial charge in [0.25, 0.3) is 0 Å². The minimum Gasteiger partial charge on any atom is -0.391 e. The molecule has 1 amide bonds. The lowest BCUT2D eigenvalue weighted by Crippen LogP contribution is -2.46. The molecule has 0 aromatic carbocycles. The van der Waals surface area contributed by atoms with Crippen molar-refractivity contribution in [3.63, 3.8) is 0 Å². The molecular formula is C44H84N2O7P+. The second-order valence-corrected chi connectivity index (χ2v) is 17.9. The van der Waals surface area contributed by atoms with Crippen molar-refractivity contribution in [1.29, 1.82) is 0 Å². The molecule has 1 aliphatic rings. The minimum absolute atomic E-state index is 0.0616. The highest BCUT2D eigenvalue weighted by Gasteiger charge is 2.36. The number of aliphatic hydroxyl groups is 1. The van der Waals surface area contributed by atoms with Gasteiger partial charge in [0.1, 0.15) is 13.2 Å². The number of nitrogens with one attached hydrogen (secondary N) is 1. The predicted octanol–water partition coefficient (Wildman–Crippen LogP) is 10.9. The largest absolute Gasteiger partial charge is 0.472 e. The second kappa shape index (κ2) is 32.7. The maximum absolute atomic E-state index is 12.9. The Morgan fingerprint density at radius 3 is 1.87 bits per heavy atom. The van der Waals surface area contributed by atoms with Gasteiger partial charge in [-0.05, 0) is 44.9 Å². The van der Waals surface area contributed by atoms with Crippen LogP contribution in [-0.4, -0.2) is 85.6 Å². The normalized spacial score (nSPS) is 18.5. The Labute approximate surface area is 332 Å². The highest BCUT2D eigenvalue weighted by atomic mass is 31.2. The SMILES string of the molecule is CCCCCCCCCCCCCCCC[C@@H](O)[C@H](COP(=O)(O)OCC[N+](C)(C)C)NC(=O)CCC/C=C\C/C=C\C/C=C\CC1OC1CCCCC. The fourth-order valence-electron chi connectivity index (χ4n) is 6.43. The zero-order valence-electron chi connectivity index (χ0n) is 35.4. The Balaban J connectivity index is 2.34. The molecule has 0 bridgehead atoms. The number of unbranched alkanes of at least 4 members (excludes halogenated alkanes) is 16. The van der Waals surface area contributed by atoms with Gasteiger partial charge in [-0.1, -0.05) is 159 Å². The number of nitrogens with zero attached hydrogens (tertiary/aromatic N) is 1. The van der Waals surface area contributed by atoms with Crippen LogP contribution >= 0.6 is 7.82 Å². The molecule has 1 aliphatic heterocycles. The Bertz CT molecular complexity index is 1040. The first-order valence-corrected chi connectivity index (χ1v) is 23.5. The van der Waals surface area contributed by atoms with E-state index < -0.39 is 20.0 Å². The van der Waals surface area contributed by atoms with E-state index in [1.165, 1.54) is 96.3 Å². The fourth-order valence-corrected chi connectivity index (χ4v) is 7.16. The molecule has 1 saturated heterocycles. The molecule has 9 nitrogen and oxygen atoms in total. The number of likely N-dealkylation sites (N-methyl/N-ethyl adjacent to an activating group) is 1. The third kappa shape index (κ3) is 31.8. The topological polar surface area (TPSA) is 118 Å². The minimum atomic E-state index is -4.33. The highest BCUT2D eigenvalue weighted by Crippen LogP contribution is 2.43. The van der Waals surface area contributed by atoms with E-state index in [2.05, 4.69) is 55.6 Å². The molecule has 0 aromatic rings. The van der Waals surface area contributed by atoms with Gasteiger partial charge in [-0.3, -0.25) is 13.8 Å². The van der Waals surface area contributed by atoms with E-state index in [9.17, 15) is 19.4 Å². The number of aliphatic hydroxyl groups excluding tert-OH is 1. The lowest BCUT2D eigenvalue weighted by molar-refractivity contribution is -0.870. The Kier molecular flexibility index (Phi) is 30.7. The van der Waals surface area contributed by atoms with Crippen LogP contribution in [0.25, 0.3) is 0 Å². The molecule has 0 spiro atoms. The van der Waals surface area contributed by atoms with Crippen LogP contribution in [0.3, 0.4) is 0 Å². The Hall–Kier alpha value is -1.32. The number of phosphoric ester groups is 1. The third-order valence-electron chi connectivity index (χ3n) is 10.1. The lowest BCUT2D eigenvalue weighted by Gasteiger charge is -2.26. The van der Waals surface area contributed by atoms with E-state index in [1.807, 2.05) is 21.1 Å². The van der Waals surface area contributed by atoms with E-state index >= 15 is 0 Å². The van der Waals surface area contributed by atoms with Crippen LogP contribution in [0.5, 0.6) is 0 Å². The predicted molar refractivity (Wildman–Crippen MR) is 225 cm³/mol. The van der Waals surface area contributed by atoms with E-state index in [0.29, 0.717) is 42.5 Å². The van der Waals surface area contributed by atoms with Gasteiger partial charge in [0.05, 0.1) is 52.1 Å². The monoisotopic (exact) mass is 784 g/mol. The van der Waals surface area contributed by atoms with E-state index in [4.69, 9.17) is 13.8 Å². The molecule has 1 fully saturated rings. The van der Waals surface area contributed by atoms with Crippen LogP contribution < -0.4 is 5.32 Å². The molecule has 0 aromatic heterocycles. The summed E-state index contributed by atoms with van der Waals surface area (Å²) >= 11 is 0. The molecule has 54 heavy (non-hydrogen) atoms. The zero-order chi connectivity index (χ0) is 39.8. The van der Waals surface area contributed by atoms with Crippen molar-refractivity contribution in [2.24, 2.45) is 0 Å². The fraction of sp³-hybridized carbons (Fsp3) is 0.841. The average molecular weight is 784 g/mol. The third-order valence-corrected chi connectivity index (χ3v) is 11.0. The second-order valence-electron chi connectivity index (χ2n) is 16.5. The molecule has 10 heteroatoms. The molecular weight excluding hydrogens is 699 g/mol. The first-order valence-electron chi connectivity index (χ1n) is 22.0. The van der Waals surface area contributed by atoms with E-state index in [-0.39, 0.29) is 19.1 Å². The molecule has 1 heterocycles. The highest BCUT2D eigenvalue weighted by molar-refractivity contribution is 7.47. The molecule has 1 rings (SSSR count). The number of carbonyl (C=O) groups excluding carboxylic acids is 1. The number of allylic oxidation sites excluding steroid dienone is 5. The summed E-state index contributed by atoms with van der Waals surface area (Å²) < 4.78 is 29.3. The smallest absolute Gasteiger partial charge is 0.391 e. The summed E-state index contributed by atoms with van der Waals surface area (Å²) in [4.78, 5) is 23.1. The van der Waals surface area contributed by atoms with Gasteiger partial charge in [0.2, 0.25) is 5.91 Å². The maximum atomic E-state index is 12.9. The summed E-state index contributed by atoms with van der Waals surface area (Å²) in [5.41, 5.74) is 0. The molecule has 0 aliphatic carbocycles. The number of phosphoric acid groups is 1. The molecule has 0 radical (unpaired) electrons. The zero-order valence-corrected chi connectivity index (χ0v) is 36.3. The number of hydrogen-bond donors (Lipinski definition) is 3. The van der Waals surface area contributed by atoms with E-state index in [0.717, 1.165) is 44.9 Å². The van der Waals surface area contributed by atoms with Crippen LogP contribution in [0.15, 0.2) is 36.5 Å². The van der Waals surface area contributed by atoms with Crippen molar-refractivity contribution in [2.45, 2.75) is 199 Å². The van der Waals surface area contributed by atoms with Crippen LogP contribution in [0.4, 0.5) is 0 Å². The summed E-state index contributed by atoms with van der Waals surface area (Å²) in [7, 11) is 1.57. The number of carbonyl (C=O) groups is 1. The number of quaternary nitrogens is 1. The van der Waals surface area contributed by atoms with Crippen molar-refractivity contribution in [3.05, 3.63) is 36.5 Å².